The fourth-order valence-corrected chi connectivity index (χ4v) is 8.86. The number of unbranched alkanes of at least 4 members (excludes halogenated alkanes) is 26. The van der Waals surface area contributed by atoms with Gasteiger partial charge in [-0.05, 0) is 65.2 Å². The predicted molar refractivity (Wildman–Crippen MR) is 229 cm³/mol. The Balaban J connectivity index is 0. The Kier molecular flexibility index (Phi) is 37.5. The van der Waals surface area contributed by atoms with Gasteiger partial charge >= 0.3 is 5.97 Å². The van der Waals surface area contributed by atoms with Gasteiger partial charge in [-0.2, -0.15) is 0 Å². The molecule has 0 spiro atoms. The Morgan fingerprint density at radius 2 is 0.769 bits per heavy atom. The molecule has 0 aliphatic rings. The third-order valence-corrected chi connectivity index (χ3v) is 13.1. The van der Waals surface area contributed by atoms with Gasteiger partial charge in [-0.25, -0.2) is 4.79 Å². The van der Waals surface area contributed by atoms with E-state index in [-0.39, 0.29) is 33.9 Å². The van der Waals surface area contributed by atoms with Crippen LogP contribution in [0.15, 0.2) is 12.7 Å². The molecule has 0 heterocycles. The molecule has 0 saturated heterocycles. The first-order valence-electron chi connectivity index (χ1n) is 23.4. The SMILES string of the molecule is C=CC(=O)OCCC(C)(CCCCCCCC)C(C)(C)[N+](CCCCCCCCCC)(CCCCCCCCCC)CCCCCCCCCC.[Br-]. The topological polar surface area (TPSA) is 26.3 Å². The molecule has 0 aromatic heterocycles. The van der Waals surface area contributed by atoms with Gasteiger partial charge in [0, 0.05) is 11.5 Å². The van der Waals surface area contributed by atoms with Crippen LogP contribution in [0.3, 0.4) is 0 Å². The molecule has 1 unspecified atom stereocenters. The van der Waals surface area contributed by atoms with E-state index in [4.69, 9.17) is 4.74 Å². The molecular weight excluding hydrogens is 702 g/mol. The number of ether oxygens (including phenoxy) is 1. The highest BCUT2D eigenvalue weighted by Gasteiger charge is 2.54. The van der Waals surface area contributed by atoms with E-state index >= 15 is 0 Å². The summed E-state index contributed by atoms with van der Waals surface area (Å²) in [4.78, 5) is 12.2. The molecule has 0 aliphatic heterocycles. The summed E-state index contributed by atoms with van der Waals surface area (Å²) in [7, 11) is 0. The maximum absolute atomic E-state index is 12.2. The van der Waals surface area contributed by atoms with Crippen molar-refractivity contribution in [2.45, 2.75) is 259 Å². The smallest absolute Gasteiger partial charge is 0.330 e. The molecule has 312 valence electrons. The molecule has 0 aliphatic carbocycles. The number of carbonyl (C=O) groups excluding carboxylic acids is 1. The summed E-state index contributed by atoms with van der Waals surface area (Å²) < 4.78 is 7.01. The van der Waals surface area contributed by atoms with Crippen LogP contribution in [0, 0.1) is 5.41 Å². The van der Waals surface area contributed by atoms with Crippen LogP contribution in [-0.4, -0.2) is 42.2 Å². The third-order valence-electron chi connectivity index (χ3n) is 13.1. The lowest BCUT2D eigenvalue weighted by atomic mass is 9.65. The van der Waals surface area contributed by atoms with Crippen molar-refractivity contribution in [2.24, 2.45) is 5.41 Å². The Labute approximate surface area is 339 Å². The molecule has 1 atom stereocenters. The van der Waals surface area contributed by atoms with Gasteiger partial charge in [0.1, 0.15) is 0 Å². The van der Waals surface area contributed by atoms with Crippen LogP contribution < -0.4 is 17.0 Å². The summed E-state index contributed by atoms with van der Waals surface area (Å²) in [6, 6.07) is 0. The van der Waals surface area contributed by atoms with Gasteiger partial charge in [0.25, 0.3) is 0 Å². The normalized spacial score (nSPS) is 13.1. The Bertz CT molecular complexity index is 732. The van der Waals surface area contributed by atoms with E-state index < -0.39 is 0 Å². The highest BCUT2D eigenvalue weighted by atomic mass is 79.9. The molecule has 3 nitrogen and oxygen atoms in total. The molecule has 0 radical (unpaired) electrons. The number of hydrogen-bond donors (Lipinski definition) is 0. The molecule has 0 amide bonds. The fraction of sp³-hybridized carbons (Fsp3) is 0.938. The van der Waals surface area contributed by atoms with Crippen molar-refractivity contribution < 1.29 is 31.0 Å². The average molecular weight is 799 g/mol. The van der Waals surface area contributed by atoms with Crippen LogP contribution in [0.5, 0.6) is 0 Å². The molecule has 52 heavy (non-hydrogen) atoms. The van der Waals surface area contributed by atoms with E-state index in [0.717, 1.165) is 6.42 Å². The summed E-state index contributed by atoms with van der Waals surface area (Å²) in [5.41, 5.74) is 0.194. The summed E-state index contributed by atoms with van der Waals surface area (Å²) in [5.74, 6) is -0.271. The highest BCUT2D eigenvalue weighted by molar-refractivity contribution is 5.81. The number of carbonyl (C=O) groups is 1. The minimum absolute atomic E-state index is 0. The quantitative estimate of drug-likeness (QED) is 0.0267. The Morgan fingerprint density at radius 1 is 0.481 bits per heavy atom. The van der Waals surface area contributed by atoms with Crippen LogP contribution in [0.25, 0.3) is 0 Å². The number of nitrogens with zero attached hydrogens (tertiary/aromatic N) is 1. The predicted octanol–water partition coefficient (Wildman–Crippen LogP) is 12.9. The monoisotopic (exact) mass is 798 g/mol. The standard InChI is InChI=1S/C48H96NO2.BrH/c1-9-14-18-22-26-29-33-37-42-49(43-38-34-30-27-23-19-15-10-2,44-39-35-31-28-24-20-16-11-3)47(6,7)48(8,41-45-51-46(50)13-5)40-36-32-25-21-17-12-4;/h13H,5,9-12,14-45H2,1-4,6-8H3;1H/q+1;/p-1. The first kappa shape index (κ1) is 53.8. The lowest BCUT2D eigenvalue weighted by Gasteiger charge is -2.59. The first-order valence-corrected chi connectivity index (χ1v) is 23.4. The molecule has 0 fully saturated rings. The number of esters is 1. The zero-order valence-corrected chi connectivity index (χ0v) is 38.5. The molecule has 0 aromatic carbocycles. The molecule has 0 saturated carbocycles. The molecule has 0 N–H and O–H groups in total. The maximum Gasteiger partial charge on any atom is 0.330 e. The summed E-state index contributed by atoms with van der Waals surface area (Å²) in [6.45, 7) is 25.3. The van der Waals surface area contributed by atoms with Crippen LogP contribution in [0.4, 0.5) is 0 Å². The van der Waals surface area contributed by atoms with E-state index in [1.54, 1.807) is 0 Å². The molecule has 0 bridgehead atoms. The zero-order valence-electron chi connectivity index (χ0n) is 36.9. The van der Waals surface area contributed by atoms with E-state index in [0.29, 0.717) is 6.61 Å². The van der Waals surface area contributed by atoms with Crippen molar-refractivity contribution in [1.82, 2.24) is 0 Å². The molecular formula is C48H96BrNO2. The zero-order chi connectivity index (χ0) is 37.9. The van der Waals surface area contributed by atoms with Gasteiger partial charge in [0.15, 0.2) is 0 Å². The number of rotatable bonds is 40. The fourth-order valence-electron chi connectivity index (χ4n) is 8.86. The van der Waals surface area contributed by atoms with Gasteiger partial charge in [-0.1, -0.05) is 195 Å². The van der Waals surface area contributed by atoms with Gasteiger partial charge in [-0.3, -0.25) is 0 Å². The molecule has 4 heteroatoms. The van der Waals surface area contributed by atoms with E-state index in [1.165, 1.54) is 229 Å². The van der Waals surface area contributed by atoms with Crippen LogP contribution >= 0.6 is 0 Å². The second-order valence-corrected chi connectivity index (χ2v) is 17.5. The minimum atomic E-state index is -0.271. The van der Waals surface area contributed by atoms with E-state index in [9.17, 15) is 4.79 Å². The maximum atomic E-state index is 12.2. The van der Waals surface area contributed by atoms with Crippen LogP contribution in [-0.2, 0) is 9.53 Å². The highest BCUT2D eigenvalue weighted by Crippen LogP contribution is 2.48. The van der Waals surface area contributed by atoms with Crippen LogP contribution in [0.2, 0.25) is 0 Å². The number of hydrogen-bond acceptors (Lipinski definition) is 2. The van der Waals surface area contributed by atoms with Gasteiger partial charge in [0.2, 0.25) is 0 Å². The largest absolute Gasteiger partial charge is 1.00 e. The first-order chi connectivity index (χ1) is 24.7. The average Bonchev–Trinajstić information content (AvgIpc) is 3.12. The van der Waals surface area contributed by atoms with Gasteiger partial charge in [-0.15, -0.1) is 0 Å². The van der Waals surface area contributed by atoms with Crippen molar-refractivity contribution in [1.29, 1.82) is 0 Å². The minimum Gasteiger partial charge on any atom is -1.00 e. The van der Waals surface area contributed by atoms with E-state index in [2.05, 4.69) is 55.0 Å². The van der Waals surface area contributed by atoms with Gasteiger partial charge < -0.3 is 26.2 Å². The Morgan fingerprint density at radius 3 is 1.08 bits per heavy atom. The summed E-state index contributed by atoms with van der Waals surface area (Å²) >= 11 is 0. The third kappa shape index (κ3) is 24.9. The lowest BCUT2D eigenvalue weighted by Crippen LogP contribution is -3.00. The second-order valence-electron chi connectivity index (χ2n) is 17.5. The number of halogens is 1. The lowest BCUT2D eigenvalue weighted by molar-refractivity contribution is -0.981. The summed E-state index contributed by atoms with van der Waals surface area (Å²) in [5, 5.41) is 0. The molecule has 0 rings (SSSR count). The van der Waals surface area contributed by atoms with Crippen LogP contribution in [0.1, 0.15) is 254 Å². The van der Waals surface area contributed by atoms with Gasteiger partial charge in [0.05, 0.1) is 31.8 Å². The van der Waals surface area contributed by atoms with Crippen molar-refractivity contribution in [2.75, 3.05) is 26.2 Å². The second kappa shape index (κ2) is 36.3. The van der Waals surface area contributed by atoms with Crippen molar-refractivity contribution in [3.63, 3.8) is 0 Å². The molecule has 0 aromatic rings. The van der Waals surface area contributed by atoms with Crippen molar-refractivity contribution in [3.05, 3.63) is 12.7 Å². The summed E-state index contributed by atoms with van der Waals surface area (Å²) in [6.07, 6.45) is 44.7. The number of quaternary nitrogens is 1. The Hall–Kier alpha value is -0.350. The van der Waals surface area contributed by atoms with Crippen molar-refractivity contribution in [3.8, 4) is 0 Å². The van der Waals surface area contributed by atoms with Crippen molar-refractivity contribution >= 4 is 5.97 Å². The van der Waals surface area contributed by atoms with E-state index in [1.807, 2.05) is 0 Å².